The van der Waals surface area contributed by atoms with Crippen LogP contribution in [0.2, 0.25) is 0 Å². The van der Waals surface area contributed by atoms with Crippen LogP contribution in [0.3, 0.4) is 0 Å². The van der Waals surface area contributed by atoms with Gasteiger partial charge in [-0.25, -0.2) is 9.48 Å². The standard InChI is InChI=1S/C17H18N4O5/c1-11(17(25)26-2)19-16(24)14(10-22)20-15(23)12-8-18-21(9-12)13-6-4-3-5-7-13/h3-9,14,22H,1,10H2,2H3,(H,19,24)(H,20,23)/t14-/m0/s1. The molecule has 26 heavy (non-hydrogen) atoms. The first kappa shape index (κ1) is 18.9. The van der Waals surface area contributed by atoms with Gasteiger partial charge in [-0.2, -0.15) is 5.10 Å². The highest BCUT2D eigenvalue weighted by molar-refractivity contribution is 5.99. The van der Waals surface area contributed by atoms with Crippen LogP contribution in [0.25, 0.3) is 5.69 Å². The number of rotatable bonds is 7. The number of amides is 2. The Balaban J connectivity index is 2.03. The highest BCUT2D eigenvalue weighted by Gasteiger charge is 2.23. The number of carbonyl (C=O) groups is 3. The number of esters is 1. The lowest BCUT2D eigenvalue weighted by Crippen LogP contribution is -2.49. The van der Waals surface area contributed by atoms with Gasteiger partial charge in [-0.15, -0.1) is 0 Å². The van der Waals surface area contributed by atoms with Crippen molar-refractivity contribution in [2.75, 3.05) is 13.7 Å². The molecule has 136 valence electrons. The van der Waals surface area contributed by atoms with Crippen molar-refractivity contribution in [1.29, 1.82) is 0 Å². The van der Waals surface area contributed by atoms with E-state index in [0.29, 0.717) is 0 Å². The number of hydrogen-bond acceptors (Lipinski definition) is 6. The number of aliphatic hydroxyl groups excluding tert-OH is 1. The van der Waals surface area contributed by atoms with E-state index in [-0.39, 0.29) is 11.3 Å². The Kier molecular flexibility index (Phi) is 6.23. The Bertz CT molecular complexity index is 816. The van der Waals surface area contributed by atoms with Gasteiger partial charge in [-0.05, 0) is 12.1 Å². The smallest absolute Gasteiger partial charge is 0.353 e. The summed E-state index contributed by atoms with van der Waals surface area (Å²) in [5, 5.41) is 18.0. The quantitative estimate of drug-likeness (QED) is 0.464. The fourth-order valence-electron chi connectivity index (χ4n) is 2.01. The number of aliphatic hydroxyl groups is 1. The molecular weight excluding hydrogens is 340 g/mol. The third kappa shape index (κ3) is 4.54. The number of methoxy groups -OCH3 is 1. The predicted molar refractivity (Wildman–Crippen MR) is 91.2 cm³/mol. The average Bonchev–Trinajstić information content (AvgIpc) is 3.16. The molecule has 0 fully saturated rings. The fraction of sp³-hybridized carbons (Fsp3) is 0.176. The van der Waals surface area contributed by atoms with Crippen LogP contribution in [-0.2, 0) is 14.3 Å². The number of carbonyl (C=O) groups excluding carboxylic acids is 3. The van der Waals surface area contributed by atoms with E-state index in [1.165, 1.54) is 17.1 Å². The van der Waals surface area contributed by atoms with Crippen molar-refractivity contribution in [2.45, 2.75) is 6.04 Å². The van der Waals surface area contributed by atoms with Crippen LogP contribution in [0.15, 0.2) is 55.0 Å². The van der Waals surface area contributed by atoms with Crippen LogP contribution >= 0.6 is 0 Å². The summed E-state index contributed by atoms with van der Waals surface area (Å²) < 4.78 is 5.91. The van der Waals surface area contributed by atoms with Gasteiger partial charge in [-0.3, -0.25) is 9.59 Å². The van der Waals surface area contributed by atoms with Crippen molar-refractivity contribution in [3.63, 3.8) is 0 Å². The molecule has 1 aromatic carbocycles. The maximum absolute atomic E-state index is 12.3. The number of nitrogens with zero attached hydrogens (tertiary/aromatic N) is 2. The zero-order valence-corrected chi connectivity index (χ0v) is 14.0. The van der Waals surface area contributed by atoms with Gasteiger partial charge in [0.05, 0.1) is 31.2 Å². The van der Waals surface area contributed by atoms with Gasteiger partial charge in [0.2, 0.25) is 5.91 Å². The lowest BCUT2D eigenvalue weighted by molar-refractivity contribution is -0.138. The van der Waals surface area contributed by atoms with E-state index in [2.05, 4.69) is 27.0 Å². The van der Waals surface area contributed by atoms with Crippen LogP contribution in [0, 0.1) is 0 Å². The Hall–Kier alpha value is -3.46. The first-order chi connectivity index (χ1) is 12.5. The van der Waals surface area contributed by atoms with E-state index >= 15 is 0 Å². The van der Waals surface area contributed by atoms with Crippen molar-refractivity contribution >= 4 is 17.8 Å². The van der Waals surface area contributed by atoms with E-state index < -0.39 is 30.4 Å². The van der Waals surface area contributed by atoms with Crippen molar-refractivity contribution in [3.05, 3.63) is 60.6 Å². The molecule has 9 heteroatoms. The summed E-state index contributed by atoms with van der Waals surface area (Å²) >= 11 is 0. The number of nitrogens with one attached hydrogen (secondary N) is 2. The zero-order valence-electron chi connectivity index (χ0n) is 14.0. The molecule has 9 nitrogen and oxygen atoms in total. The highest BCUT2D eigenvalue weighted by Crippen LogP contribution is 2.07. The number of benzene rings is 1. The largest absolute Gasteiger partial charge is 0.464 e. The number of hydrogen-bond donors (Lipinski definition) is 3. The van der Waals surface area contributed by atoms with E-state index in [1.54, 1.807) is 0 Å². The minimum absolute atomic E-state index is 0.201. The molecule has 1 atom stereocenters. The van der Waals surface area contributed by atoms with Crippen LogP contribution < -0.4 is 10.6 Å². The van der Waals surface area contributed by atoms with Gasteiger partial charge < -0.3 is 20.5 Å². The van der Waals surface area contributed by atoms with E-state index in [0.717, 1.165) is 12.8 Å². The molecule has 0 spiro atoms. The van der Waals surface area contributed by atoms with Crippen molar-refractivity contribution in [1.82, 2.24) is 20.4 Å². The minimum Gasteiger partial charge on any atom is -0.464 e. The molecule has 0 aliphatic carbocycles. The maximum Gasteiger partial charge on any atom is 0.353 e. The summed E-state index contributed by atoms with van der Waals surface area (Å²) in [5.41, 5.74) is 0.659. The van der Waals surface area contributed by atoms with Crippen molar-refractivity contribution in [2.24, 2.45) is 0 Å². The van der Waals surface area contributed by atoms with Crippen LogP contribution in [0.1, 0.15) is 10.4 Å². The molecule has 0 saturated heterocycles. The molecule has 2 aromatic rings. The molecule has 0 aliphatic rings. The minimum atomic E-state index is -1.27. The molecule has 2 amide bonds. The highest BCUT2D eigenvalue weighted by atomic mass is 16.5. The second kappa shape index (κ2) is 8.58. The molecule has 1 heterocycles. The molecular formula is C17H18N4O5. The van der Waals surface area contributed by atoms with Gasteiger partial charge >= 0.3 is 5.97 Å². The van der Waals surface area contributed by atoms with Crippen molar-refractivity contribution < 1.29 is 24.2 Å². The van der Waals surface area contributed by atoms with Crippen LogP contribution in [-0.4, -0.2) is 52.4 Å². The Labute approximate surface area is 149 Å². The summed E-state index contributed by atoms with van der Waals surface area (Å²) in [6, 6.07) is 7.87. The van der Waals surface area contributed by atoms with E-state index in [4.69, 9.17) is 0 Å². The summed E-state index contributed by atoms with van der Waals surface area (Å²) in [7, 11) is 1.13. The third-order valence-corrected chi connectivity index (χ3v) is 3.38. The Morgan fingerprint density at radius 3 is 2.62 bits per heavy atom. The molecule has 3 N–H and O–H groups in total. The summed E-state index contributed by atoms with van der Waals surface area (Å²) in [6.07, 6.45) is 2.83. The Morgan fingerprint density at radius 2 is 2.00 bits per heavy atom. The SMILES string of the molecule is C=C(NC(=O)[C@H](CO)NC(=O)c1cnn(-c2ccccc2)c1)C(=O)OC. The summed E-state index contributed by atoms with van der Waals surface area (Å²) in [6.45, 7) is 2.67. The lowest BCUT2D eigenvalue weighted by Gasteiger charge is -2.16. The third-order valence-electron chi connectivity index (χ3n) is 3.38. The zero-order chi connectivity index (χ0) is 19.1. The lowest BCUT2D eigenvalue weighted by atomic mass is 10.2. The summed E-state index contributed by atoms with van der Waals surface area (Å²) in [4.78, 5) is 35.5. The topological polar surface area (TPSA) is 123 Å². The molecule has 0 radical (unpaired) electrons. The number of ether oxygens (including phenoxy) is 1. The van der Waals surface area contributed by atoms with Gasteiger partial charge in [0.25, 0.3) is 5.91 Å². The van der Waals surface area contributed by atoms with E-state index in [1.807, 2.05) is 30.3 Å². The first-order valence-corrected chi connectivity index (χ1v) is 7.56. The van der Waals surface area contributed by atoms with Gasteiger partial charge in [-0.1, -0.05) is 24.8 Å². The molecule has 1 aromatic heterocycles. The average molecular weight is 358 g/mol. The predicted octanol–water partition coefficient (Wildman–Crippen LogP) is -0.234. The summed E-state index contributed by atoms with van der Waals surface area (Å²) in [5.74, 6) is -2.23. The second-order valence-corrected chi connectivity index (χ2v) is 5.18. The number of aromatic nitrogens is 2. The monoisotopic (exact) mass is 358 g/mol. The van der Waals surface area contributed by atoms with E-state index in [9.17, 15) is 19.5 Å². The van der Waals surface area contributed by atoms with Gasteiger partial charge in [0.15, 0.2) is 0 Å². The van der Waals surface area contributed by atoms with Gasteiger partial charge in [0, 0.05) is 6.20 Å². The van der Waals surface area contributed by atoms with Crippen molar-refractivity contribution in [3.8, 4) is 5.69 Å². The molecule has 0 aliphatic heterocycles. The molecule has 2 rings (SSSR count). The Morgan fingerprint density at radius 1 is 1.31 bits per heavy atom. The molecule has 0 saturated carbocycles. The maximum atomic E-state index is 12.3. The number of para-hydroxylation sites is 1. The van der Waals surface area contributed by atoms with Crippen LogP contribution in [0.4, 0.5) is 0 Å². The molecule has 0 bridgehead atoms. The second-order valence-electron chi connectivity index (χ2n) is 5.18. The van der Waals surface area contributed by atoms with Gasteiger partial charge in [0.1, 0.15) is 11.7 Å². The normalized spacial score (nSPS) is 11.3. The fourth-order valence-corrected chi connectivity index (χ4v) is 2.01. The molecule has 0 unspecified atom stereocenters. The van der Waals surface area contributed by atoms with Crippen LogP contribution in [0.5, 0.6) is 0 Å². The first-order valence-electron chi connectivity index (χ1n) is 7.56.